The molecular formula is C20H26N4O2. The van der Waals surface area contributed by atoms with E-state index < -0.39 is 0 Å². The third-order valence-corrected chi connectivity index (χ3v) is 4.55. The molecule has 2 heterocycles. The molecule has 6 nitrogen and oxygen atoms in total. The van der Waals surface area contributed by atoms with Crippen LogP contribution in [0, 0.1) is 6.92 Å². The van der Waals surface area contributed by atoms with Gasteiger partial charge in [-0.1, -0.05) is 12.1 Å². The van der Waals surface area contributed by atoms with Crippen molar-refractivity contribution in [3.63, 3.8) is 0 Å². The Labute approximate surface area is 154 Å². The Morgan fingerprint density at radius 1 is 1.19 bits per heavy atom. The van der Waals surface area contributed by atoms with Gasteiger partial charge < -0.3 is 19.9 Å². The molecule has 0 atom stereocenters. The molecule has 1 amide bonds. The van der Waals surface area contributed by atoms with E-state index in [2.05, 4.69) is 46.4 Å². The second kappa shape index (κ2) is 8.67. The summed E-state index contributed by atoms with van der Waals surface area (Å²) in [6.45, 7) is 6.50. The number of rotatable bonds is 6. The first-order chi connectivity index (χ1) is 12.7. The summed E-state index contributed by atoms with van der Waals surface area (Å²) >= 11 is 0. The highest BCUT2D eigenvalue weighted by Crippen LogP contribution is 2.19. The molecule has 0 bridgehead atoms. The summed E-state index contributed by atoms with van der Waals surface area (Å²) in [5.74, 6) is 0.761. The van der Waals surface area contributed by atoms with Crippen LogP contribution in [0.2, 0.25) is 0 Å². The first kappa shape index (κ1) is 18.2. The van der Waals surface area contributed by atoms with Gasteiger partial charge >= 0.3 is 0 Å². The Morgan fingerprint density at radius 3 is 2.73 bits per heavy atom. The Morgan fingerprint density at radius 2 is 2.00 bits per heavy atom. The normalized spacial score (nSPS) is 14.4. The van der Waals surface area contributed by atoms with E-state index in [1.165, 1.54) is 11.3 Å². The zero-order valence-electron chi connectivity index (χ0n) is 15.4. The fraction of sp³-hybridized carbons (Fsp3) is 0.400. The lowest BCUT2D eigenvalue weighted by atomic mass is 10.1. The lowest BCUT2D eigenvalue weighted by molar-refractivity contribution is 0.0746. The number of piperazine rings is 1. The average Bonchev–Trinajstić information content (AvgIpc) is 2.68. The number of aromatic nitrogens is 1. The number of carbonyl (C=O) groups excluding carboxylic acids is 1. The van der Waals surface area contributed by atoms with Gasteiger partial charge in [0.2, 0.25) is 0 Å². The maximum atomic E-state index is 12.8. The van der Waals surface area contributed by atoms with Gasteiger partial charge in [-0.25, -0.2) is 4.98 Å². The summed E-state index contributed by atoms with van der Waals surface area (Å²) in [7, 11) is 1.66. The zero-order chi connectivity index (χ0) is 18.4. The number of hydrogen-bond donors (Lipinski definition) is 1. The van der Waals surface area contributed by atoms with Crippen LogP contribution in [0.3, 0.4) is 0 Å². The molecule has 1 N–H and O–H groups in total. The van der Waals surface area contributed by atoms with Crippen molar-refractivity contribution < 1.29 is 9.53 Å². The van der Waals surface area contributed by atoms with Gasteiger partial charge in [0.05, 0.1) is 6.61 Å². The molecule has 26 heavy (non-hydrogen) atoms. The molecule has 0 saturated carbocycles. The molecule has 0 unspecified atom stereocenters. The van der Waals surface area contributed by atoms with Crippen LogP contribution in [0.25, 0.3) is 0 Å². The van der Waals surface area contributed by atoms with Gasteiger partial charge in [0.25, 0.3) is 5.91 Å². The minimum absolute atomic E-state index is 0.0612. The molecular weight excluding hydrogens is 328 g/mol. The molecule has 3 rings (SSSR count). The van der Waals surface area contributed by atoms with E-state index in [4.69, 9.17) is 4.74 Å². The first-order valence-corrected chi connectivity index (χ1v) is 8.97. The van der Waals surface area contributed by atoms with E-state index in [0.29, 0.717) is 24.5 Å². The SMILES string of the molecule is COCCNc1cc(C(=O)N2CCN(c3cccc(C)c3)CC2)ccn1. The quantitative estimate of drug-likeness (QED) is 0.808. The van der Waals surface area contributed by atoms with Crippen LogP contribution < -0.4 is 10.2 Å². The van der Waals surface area contributed by atoms with Crippen LogP contribution in [0.4, 0.5) is 11.5 Å². The molecule has 1 aromatic carbocycles. The van der Waals surface area contributed by atoms with Gasteiger partial charge in [-0.05, 0) is 36.8 Å². The van der Waals surface area contributed by atoms with Crippen LogP contribution in [0.1, 0.15) is 15.9 Å². The van der Waals surface area contributed by atoms with Crippen molar-refractivity contribution in [1.29, 1.82) is 0 Å². The fourth-order valence-electron chi connectivity index (χ4n) is 3.12. The number of aryl methyl sites for hydroxylation is 1. The third-order valence-electron chi connectivity index (χ3n) is 4.55. The van der Waals surface area contributed by atoms with E-state index in [0.717, 1.165) is 26.2 Å². The lowest BCUT2D eigenvalue weighted by Gasteiger charge is -2.36. The van der Waals surface area contributed by atoms with E-state index >= 15 is 0 Å². The van der Waals surface area contributed by atoms with Gasteiger partial charge in [0.1, 0.15) is 5.82 Å². The van der Waals surface area contributed by atoms with Crippen molar-refractivity contribution in [3.05, 3.63) is 53.7 Å². The molecule has 1 aliphatic rings. The van der Waals surface area contributed by atoms with Gasteiger partial charge in [0, 0.05) is 57.3 Å². The second-order valence-electron chi connectivity index (χ2n) is 6.47. The van der Waals surface area contributed by atoms with Crippen molar-refractivity contribution >= 4 is 17.4 Å². The highest BCUT2D eigenvalue weighted by Gasteiger charge is 2.22. The monoisotopic (exact) mass is 354 g/mol. The Hall–Kier alpha value is -2.60. The number of anilines is 2. The molecule has 2 aromatic rings. The number of pyridine rings is 1. The van der Waals surface area contributed by atoms with Gasteiger partial charge in [-0.15, -0.1) is 0 Å². The van der Waals surface area contributed by atoms with Crippen molar-refractivity contribution in [2.75, 3.05) is 56.7 Å². The third kappa shape index (κ3) is 4.52. The van der Waals surface area contributed by atoms with E-state index in [1.54, 1.807) is 19.4 Å². The summed E-state index contributed by atoms with van der Waals surface area (Å²) in [5, 5.41) is 3.16. The number of nitrogens with zero attached hydrogens (tertiary/aromatic N) is 3. The Balaban J connectivity index is 1.59. The number of amides is 1. The zero-order valence-corrected chi connectivity index (χ0v) is 15.4. The number of methoxy groups -OCH3 is 1. The fourth-order valence-corrected chi connectivity index (χ4v) is 3.12. The van der Waals surface area contributed by atoms with Crippen molar-refractivity contribution in [3.8, 4) is 0 Å². The molecule has 0 aliphatic carbocycles. The topological polar surface area (TPSA) is 57.7 Å². The lowest BCUT2D eigenvalue weighted by Crippen LogP contribution is -2.48. The maximum Gasteiger partial charge on any atom is 0.254 e. The predicted molar refractivity (Wildman–Crippen MR) is 104 cm³/mol. The number of nitrogens with one attached hydrogen (secondary N) is 1. The molecule has 0 radical (unpaired) electrons. The number of ether oxygens (including phenoxy) is 1. The van der Waals surface area contributed by atoms with Gasteiger partial charge in [0.15, 0.2) is 0 Å². The minimum atomic E-state index is 0.0612. The highest BCUT2D eigenvalue weighted by molar-refractivity contribution is 5.95. The highest BCUT2D eigenvalue weighted by atomic mass is 16.5. The van der Waals surface area contributed by atoms with E-state index in [-0.39, 0.29) is 5.91 Å². The molecule has 1 aromatic heterocycles. The molecule has 138 valence electrons. The summed E-state index contributed by atoms with van der Waals surface area (Å²) in [5.41, 5.74) is 3.15. The molecule has 6 heteroatoms. The van der Waals surface area contributed by atoms with E-state index in [1.807, 2.05) is 11.0 Å². The maximum absolute atomic E-state index is 12.8. The largest absolute Gasteiger partial charge is 0.383 e. The molecule has 1 saturated heterocycles. The van der Waals surface area contributed by atoms with Gasteiger partial charge in [-0.2, -0.15) is 0 Å². The second-order valence-corrected chi connectivity index (χ2v) is 6.47. The number of hydrogen-bond acceptors (Lipinski definition) is 5. The molecule has 1 aliphatic heterocycles. The Bertz CT molecular complexity index is 742. The average molecular weight is 354 g/mol. The summed E-state index contributed by atoms with van der Waals surface area (Å²) in [6, 6.07) is 12.1. The van der Waals surface area contributed by atoms with Crippen molar-refractivity contribution in [1.82, 2.24) is 9.88 Å². The minimum Gasteiger partial charge on any atom is -0.383 e. The number of carbonyl (C=O) groups is 1. The summed E-state index contributed by atoms with van der Waals surface area (Å²) < 4.78 is 5.02. The van der Waals surface area contributed by atoms with Crippen LogP contribution in [0.15, 0.2) is 42.6 Å². The summed E-state index contributed by atoms with van der Waals surface area (Å²) in [6.07, 6.45) is 1.67. The number of benzene rings is 1. The van der Waals surface area contributed by atoms with E-state index in [9.17, 15) is 4.79 Å². The van der Waals surface area contributed by atoms with Crippen LogP contribution in [-0.4, -0.2) is 62.2 Å². The van der Waals surface area contributed by atoms with Crippen molar-refractivity contribution in [2.45, 2.75) is 6.92 Å². The van der Waals surface area contributed by atoms with Crippen LogP contribution in [0.5, 0.6) is 0 Å². The smallest absolute Gasteiger partial charge is 0.254 e. The Kier molecular flexibility index (Phi) is 6.07. The molecule has 0 spiro atoms. The standard InChI is InChI=1S/C20H26N4O2/c1-16-4-3-5-18(14-16)23-9-11-24(12-10-23)20(25)17-6-7-21-19(15-17)22-8-13-26-2/h3-7,14-15H,8-13H2,1-2H3,(H,21,22). The predicted octanol–water partition coefficient (Wildman–Crippen LogP) is 2.41. The first-order valence-electron chi connectivity index (χ1n) is 8.97. The van der Waals surface area contributed by atoms with Crippen molar-refractivity contribution in [2.24, 2.45) is 0 Å². The van der Waals surface area contributed by atoms with Crippen LogP contribution in [-0.2, 0) is 4.74 Å². The van der Waals surface area contributed by atoms with Crippen LogP contribution >= 0.6 is 0 Å². The van der Waals surface area contributed by atoms with Gasteiger partial charge in [-0.3, -0.25) is 4.79 Å². The summed E-state index contributed by atoms with van der Waals surface area (Å²) in [4.78, 5) is 21.3. The molecule has 1 fully saturated rings.